The molecule has 1 saturated heterocycles. The van der Waals surface area contributed by atoms with Gasteiger partial charge in [0.05, 0.1) is 5.56 Å². The predicted octanol–water partition coefficient (Wildman–Crippen LogP) is 7.22. The first-order valence-corrected chi connectivity index (χ1v) is 12.0. The van der Waals surface area contributed by atoms with Gasteiger partial charge in [-0.2, -0.15) is 13.2 Å². The molecule has 3 aromatic rings. The summed E-state index contributed by atoms with van der Waals surface area (Å²) in [4.78, 5) is 5.95. The van der Waals surface area contributed by atoms with E-state index in [4.69, 9.17) is 12.2 Å². The summed E-state index contributed by atoms with van der Waals surface area (Å²) in [6, 6.07) is 10.9. The molecule has 0 bridgehead atoms. The van der Waals surface area contributed by atoms with Crippen LogP contribution in [0.25, 0.3) is 10.9 Å². The average molecular weight is 489 g/mol. The molecule has 0 saturated carbocycles. The summed E-state index contributed by atoms with van der Waals surface area (Å²) in [6.07, 6.45) is 0.0324. The van der Waals surface area contributed by atoms with Crippen LogP contribution in [-0.2, 0) is 6.18 Å². The number of piperidine rings is 1. The third-order valence-corrected chi connectivity index (χ3v) is 6.37. The molecule has 2 heterocycles. The first-order chi connectivity index (χ1) is 16.0. The van der Waals surface area contributed by atoms with Gasteiger partial charge in [0.2, 0.25) is 0 Å². The number of nitrogens with one attached hydrogen (secondary N) is 3. The molecule has 4 nitrogen and oxygen atoms in total. The van der Waals surface area contributed by atoms with Gasteiger partial charge in [-0.3, -0.25) is 0 Å². The van der Waals surface area contributed by atoms with Crippen molar-refractivity contribution in [3.63, 3.8) is 0 Å². The van der Waals surface area contributed by atoms with Gasteiger partial charge in [-0.15, -0.1) is 0 Å². The summed E-state index contributed by atoms with van der Waals surface area (Å²) < 4.78 is 38.3. The fourth-order valence-corrected chi connectivity index (χ4v) is 4.90. The quantitative estimate of drug-likeness (QED) is 0.339. The summed E-state index contributed by atoms with van der Waals surface area (Å²) in [6.45, 7) is 10.2. The van der Waals surface area contributed by atoms with Gasteiger partial charge in [-0.25, -0.2) is 0 Å². The first-order valence-electron chi connectivity index (χ1n) is 11.6. The fourth-order valence-electron chi connectivity index (χ4n) is 4.67. The highest BCUT2D eigenvalue weighted by Gasteiger charge is 2.30. The number of alkyl halides is 3. The maximum atomic E-state index is 12.8. The van der Waals surface area contributed by atoms with Crippen molar-refractivity contribution in [1.82, 2.24) is 9.88 Å². The van der Waals surface area contributed by atoms with Crippen LogP contribution < -0.4 is 10.6 Å². The SMILES string of the molecule is CC(C)(C)CN1CCC(c2c[nH]c3ccc(NC(=S)Nc4ccc(C(F)(F)F)cc4)cc23)CC1. The summed E-state index contributed by atoms with van der Waals surface area (Å²) in [5.41, 5.74) is 3.36. The molecule has 1 aromatic heterocycles. The number of likely N-dealkylation sites (tertiary alicyclic amines) is 1. The molecule has 3 N–H and O–H groups in total. The molecule has 1 fully saturated rings. The Labute approximate surface area is 203 Å². The second kappa shape index (κ2) is 9.58. The molecule has 1 aliphatic rings. The standard InChI is InChI=1S/C26H31F3N4S/c1-25(2,3)16-33-12-10-17(11-13-33)22-15-30-23-9-8-20(14-21(22)23)32-24(34)31-19-6-4-18(5-7-19)26(27,28)29/h4-9,14-15,17,30H,10-13,16H2,1-3H3,(H2,31,32,34). The monoisotopic (exact) mass is 488 g/mol. The number of hydrogen-bond acceptors (Lipinski definition) is 2. The average Bonchev–Trinajstić information content (AvgIpc) is 3.16. The lowest BCUT2D eigenvalue weighted by atomic mass is 9.87. The van der Waals surface area contributed by atoms with Crippen molar-refractivity contribution < 1.29 is 13.2 Å². The molecular weight excluding hydrogens is 457 g/mol. The van der Waals surface area contributed by atoms with Gasteiger partial charge in [-0.1, -0.05) is 20.8 Å². The van der Waals surface area contributed by atoms with E-state index in [9.17, 15) is 13.2 Å². The number of aromatic nitrogens is 1. The number of thiocarbonyl (C=S) groups is 1. The number of benzene rings is 2. The van der Waals surface area contributed by atoms with E-state index in [0.29, 0.717) is 22.1 Å². The molecule has 1 aliphatic heterocycles. The van der Waals surface area contributed by atoms with Crippen molar-refractivity contribution in [3.8, 4) is 0 Å². The Kier molecular flexibility index (Phi) is 6.92. The number of hydrogen-bond donors (Lipinski definition) is 3. The summed E-state index contributed by atoms with van der Waals surface area (Å²) >= 11 is 5.38. The van der Waals surface area contributed by atoms with Crippen molar-refractivity contribution >= 4 is 39.6 Å². The largest absolute Gasteiger partial charge is 0.416 e. The molecule has 182 valence electrons. The normalized spacial score (nSPS) is 16.1. The molecule has 0 spiro atoms. The summed E-state index contributed by atoms with van der Waals surface area (Å²) in [5, 5.41) is 7.61. The van der Waals surface area contributed by atoms with E-state index < -0.39 is 11.7 Å². The number of rotatable bonds is 4. The molecule has 0 radical (unpaired) electrons. The molecular formula is C26H31F3N4S. The molecule has 4 rings (SSSR count). The lowest BCUT2D eigenvalue weighted by Gasteiger charge is -2.36. The zero-order valence-electron chi connectivity index (χ0n) is 19.7. The summed E-state index contributed by atoms with van der Waals surface area (Å²) in [7, 11) is 0. The van der Waals surface area contributed by atoms with Crippen LogP contribution in [-0.4, -0.2) is 34.6 Å². The van der Waals surface area contributed by atoms with Crippen LogP contribution in [0.15, 0.2) is 48.7 Å². The van der Waals surface area contributed by atoms with Gasteiger partial charge in [0, 0.05) is 35.0 Å². The second-order valence-corrected chi connectivity index (χ2v) is 10.7. The van der Waals surface area contributed by atoms with E-state index in [1.54, 1.807) is 0 Å². The minimum atomic E-state index is -4.36. The van der Waals surface area contributed by atoms with Gasteiger partial charge < -0.3 is 20.5 Å². The van der Waals surface area contributed by atoms with E-state index in [0.717, 1.165) is 55.8 Å². The Bertz CT molecular complexity index is 1140. The smallest absolute Gasteiger partial charge is 0.361 e. The highest BCUT2D eigenvalue weighted by molar-refractivity contribution is 7.80. The molecule has 0 unspecified atom stereocenters. The van der Waals surface area contributed by atoms with Crippen LogP contribution in [0.3, 0.4) is 0 Å². The maximum Gasteiger partial charge on any atom is 0.416 e. The fraction of sp³-hybridized carbons (Fsp3) is 0.423. The van der Waals surface area contributed by atoms with Crippen LogP contribution in [0.4, 0.5) is 24.5 Å². The third-order valence-electron chi connectivity index (χ3n) is 6.17. The van der Waals surface area contributed by atoms with Crippen LogP contribution in [0.5, 0.6) is 0 Å². The van der Waals surface area contributed by atoms with E-state index in [1.807, 2.05) is 12.1 Å². The van der Waals surface area contributed by atoms with Gasteiger partial charge in [0.15, 0.2) is 5.11 Å². The van der Waals surface area contributed by atoms with Crippen LogP contribution in [0, 0.1) is 5.41 Å². The number of anilines is 2. The Balaban J connectivity index is 1.41. The molecule has 0 amide bonds. The highest BCUT2D eigenvalue weighted by Crippen LogP contribution is 2.35. The van der Waals surface area contributed by atoms with Gasteiger partial charge in [-0.05, 0) is 97.5 Å². The molecule has 0 atom stereocenters. The van der Waals surface area contributed by atoms with E-state index in [1.165, 1.54) is 23.1 Å². The Morgan fingerprint density at radius 1 is 1.00 bits per heavy atom. The van der Waals surface area contributed by atoms with Crippen LogP contribution >= 0.6 is 12.2 Å². The topological polar surface area (TPSA) is 43.1 Å². The number of aromatic amines is 1. The number of H-pyrrole nitrogens is 1. The molecule has 2 aromatic carbocycles. The van der Waals surface area contributed by atoms with E-state index in [2.05, 4.69) is 53.6 Å². The van der Waals surface area contributed by atoms with E-state index >= 15 is 0 Å². The van der Waals surface area contributed by atoms with Crippen molar-refractivity contribution in [1.29, 1.82) is 0 Å². The van der Waals surface area contributed by atoms with Gasteiger partial charge in [0.1, 0.15) is 0 Å². The van der Waals surface area contributed by atoms with Gasteiger partial charge >= 0.3 is 6.18 Å². The predicted molar refractivity (Wildman–Crippen MR) is 137 cm³/mol. The maximum absolute atomic E-state index is 12.8. The number of halogens is 3. The zero-order valence-corrected chi connectivity index (χ0v) is 20.5. The number of nitrogens with zero attached hydrogens (tertiary/aromatic N) is 1. The Morgan fingerprint density at radius 2 is 1.62 bits per heavy atom. The minimum absolute atomic E-state index is 0.307. The lowest BCUT2D eigenvalue weighted by Crippen LogP contribution is -2.38. The van der Waals surface area contributed by atoms with Gasteiger partial charge in [0.25, 0.3) is 0 Å². The Hall–Kier alpha value is -2.58. The van der Waals surface area contributed by atoms with Crippen molar-refractivity contribution in [3.05, 3.63) is 59.8 Å². The highest BCUT2D eigenvalue weighted by atomic mass is 32.1. The third kappa shape index (κ3) is 6.10. The second-order valence-electron chi connectivity index (χ2n) is 10.3. The lowest BCUT2D eigenvalue weighted by molar-refractivity contribution is -0.137. The Morgan fingerprint density at radius 3 is 2.24 bits per heavy atom. The molecule has 8 heteroatoms. The zero-order chi connectivity index (χ0) is 24.5. The molecule has 0 aliphatic carbocycles. The van der Waals surface area contributed by atoms with Crippen molar-refractivity contribution in [2.45, 2.75) is 45.7 Å². The van der Waals surface area contributed by atoms with Crippen LogP contribution in [0.1, 0.15) is 50.7 Å². The first kappa shape index (κ1) is 24.5. The van der Waals surface area contributed by atoms with Crippen LogP contribution in [0.2, 0.25) is 0 Å². The number of fused-ring (bicyclic) bond motifs is 1. The van der Waals surface area contributed by atoms with E-state index in [-0.39, 0.29) is 0 Å². The summed E-state index contributed by atoms with van der Waals surface area (Å²) in [5.74, 6) is 0.512. The molecule has 34 heavy (non-hydrogen) atoms. The van der Waals surface area contributed by atoms with Crippen molar-refractivity contribution in [2.75, 3.05) is 30.3 Å². The minimum Gasteiger partial charge on any atom is -0.361 e. The van der Waals surface area contributed by atoms with Crippen molar-refractivity contribution in [2.24, 2.45) is 5.41 Å².